The van der Waals surface area contributed by atoms with Crippen LogP contribution in [0.4, 0.5) is 0 Å². The molecule has 0 atom stereocenters. The first-order valence-corrected chi connectivity index (χ1v) is 3.82. The van der Waals surface area contributed by atoms with Gasteiger partial charge in [-0.05, 0) is 24.8 Å². The normalized spacial score (nSPS) is 16.5. The van der Waals surface area contributed by atoms with E-state index in [1.165, 1.54) is 18.4 Å². The zero-order valence-electron chi connectivity index (χ0n) is 6.50. The molecule has 0 spiro atoms. The van der Waals surface area contributed by atoms with Gasteiger partial charge in [0, 0.05) is 11.8 Å². The zero-order chi connectivity index (χ0) is 7.68. The number of hydrogen-bond donors (Lipinski definition) is 0. The van der Waals surface area contributed by atoms with Crippen LogP contribution in [0.1, 0.15) is 24.3 Å². The summed E-state index contributed by atoms with van der Waals surface area (Å²) in [6.45, 7) is 0. The van der Waals surface area contributed by atoms with Crippen LogP contribution in [-0.4, -0.2) is 12.1 Å². The number of aromatic nitrogens is 1. The molecule has 0 N–H and O–H groups in total. The van der Waals surface area contributed by atoms with E-state index >= 15 is 0 Å². The van der Waals surface area contributed by atoms with E-state index in [-0.39, 0.29) is 0 Å². The first-order valence-electron chi connectivity index (χ1n) is 3.82. The van der Waals surface area contributed by atoms with Crippen molar-refractivity contribution in [2.45, 2.75) is 18.8 Å². The zero-order valence-corrected chi connectivity index (χ0v) is 6.50. The van der Waals surface area contributed by atoms with Crippen LogP contribution in [0.3, 0.4) is 0 Å². The van der Waals surface area contributed by atoms with E-state index < -0.39 is 0 Å². The van der Waals surface area contributed by atoms with Gasteiger partial charge in [0.15, 0.2) is 0 Å². The largest absolute Gasteiger partial charge is 0.494 e. The molecule has 2 nitrogen and oxygen atoms in total. The molecule has 0 bridgehead atoms. The highest BCUT2D eigenvalue weighted by molar-refractivity contribution is 5.34. The van der Waals surface area contributed by atoms with Crippen molar-refractivity contribution in [1.82, 2.24) is 4.98 Å². The minimum absolute atomic E-state index is 0.712. The molecule has 1 fully saturated rings. The summed E-state index contributed by atoms with van der Waals surface area (Å²) in [5.74, 6) is 1.53. The van der Waals surface area contributed by atoms with Gasteiger partial charge in [-0.15, -0.1) is 0 Å². The first kappa shape index (κ1) is 6.65. The van der Waals surface area contributed by atoms with Gasteiger partial charge in [-0.1, -0.05) is 0 Å². The lowest BCUT2D eigenvalue weighted by molar-refractivity contribution is 0.406. The second-order valence-corrected chi connectivity index (χ2v) is 2.82. The molecule has 0 saturated heterocycles. The van der Waals surface area contributed by atoms with E-state index in [4.69, 9.17) is 4.74 Å². The Labute approximate surface area is 66.2 Å². The lowest BCUT2D eigenvalue weighted by Crippen LogP contribution is -1.90. The molecule has 1 aliphatic carbocycles. The molecule has 0 aliphatic heterocycles. The average Bonchev–Trinajstić information content (AvgIpc) is 2.87. The van der Waals surface area contributed by atoms with E-state index in [9.17, 15) is 0 Å². The Morgan fingerprint density at radius 3 is 3.09 bits per heavy atom. The van der Waals surface area contributed by atoms with Gasteiger partial charge in [0.1, 0.15) is 11.9 Å². The third kappa shape index (κ3) is 1.20. The monoisotopic (exact) mass is 148 g/mol. The predicted octanol–water partition coefficient (Wildman–Crippen LogP) is 1.77. The van der Waals surface area contributed by atoms with Gasteiger partial charge in [0.25, 0.3) is 0 Å². The molecule has 1 aromatic rings. The minimum atomic E-state index is 0.712. The fourth-order valence-electron chi connectivity index (χ4n) is 1.23. The second-order valence-electron chi connectivity index (χ2n) is 2.82. The Hall–Kier alpha value is -1.05. The van der Waals surface area contributed by atoms with Crippen molar-refractivity contribution in [2.24, 2.45) is 0 Å². The summed E-state index contributed by atoms with van der Waals surface area (Å²) >= 11 is 0. The van der Waals surface area contributed by atoms with Gasteiger partial charge < -0.3 is 4.74 Å². The third-order valence-electron chi connectivity index (χ3n) is 1.98. The number of methoxy groups -OCH3 is 1. The maximum Gasteiger partial charge on any atom is 0.150 e. The summed E-state index contributed by atoms with van der Waals surface area (Å²) in [5.41, 5.74) is 1.27. The van der Waals surface area contributed by atoms with Crippen LogP contribution in [0.5, 0.6) is 5.75 Å². The Morgan fingerprint density at radius 2 is 2.45 bits per heavy atom. The second kappa shape index (κ2) is 2.53. The van der Waals surface area contributed by atoms with E-state index in [1.54, 1.807) is 13.3 Å². The molecule has 2 heteroatoms. The molecule has 1 aliphatic rings. The van der Waals surface area contributed by atoms with Crippen molar-refractivity contribution in [3.8, 4) is 5.75 Å². The van der Waals surface area contributed by atoms with Crippen LogP contribution < -0.4 is 4.74 Å². The number of pyridine rings is 1. The van der Waals surface area contributed by atoms with Crippen molar-refractivity contribution < 1.29 is 4.74 Å². The fourth-order valence-corrected chi connectivity index (χ4v) is 1.23. The van der Waals surface area contributed by atoms with Gasteiger partial charge in [0.05, 0.1) is 7.11 Å². The molecule has 2 rings (SSSR count). The predicted molar refractivity (Wildman–Crippen MR) is 41.6 cm³/mol. The standard InChI is InChI=1S/C9H10NO/c1-11-9-6-10-5-4-8(9)7-2-3-7/h4-5,7H,2-3H2,1H3. The van der Waals surface area contributed by atoms with Crippen LogP contribution in [0, 0.1) is 6.20 Å². The molecule has 1 heterocycles. The number of ether oxygens (including phenoxy) is 1. The Morgan fingerprint density at radius 1 is 1.64 bits per heavy atom. The van der Waals surface area contributed by atoms with E-state index in [2.05, 4.69) is 11.2 Å². The average molecular weight is 148 g/mol. The highest BCUT2D eigenvalue weighted by atomic mass is 16.5. The number of rotatable bonds is 2. The molecule has 1 radical (unpaired) electrons. The number of hydrogen-bond acceptors (Lipinski definition) is 2. The Balaban J connectivity index is 2.34. The lowest BCUT2D eigenvalue weighted by atomic mass is 10.1. The minimum Gasteiger partial charge on any atom is -0.494 e. The molecule has 11 heavy (non-hydrogen) atoms. The van der Waals surface area contributed by atoms with Crippen molar-refractivity contribution >= 4 is 0 Å². The third-order valence-corrected chi connectivity index (χ3v) is 1.98. The summed E-state index contributed by atoms with van der Waals surface area (Å²) in [6, 6.07) is 2.02. The van der Waals surface area contributed by atoms with E-state index in [0.29, 0.717) is 5.92 Å². The van der Waals surface area contributed by atoms with E-state index in [1.807, 2.05) is 6.07 Å². The van der Waals surface area contributed by atoms with Crippen LogP contribution in [0.2, 0.25) is 0 Å². The molecular weight excluding hydrogens is 138 g/mol. The first-order chi connectivity index (χ1) is 5.42. The van der Waals surface area contributed by atoms with Crippen LogP contribution in [0.15, 0.2) is 12.3 Å². The highest BCUT2D eigenvalue weighted by Gasteiger charge is 2.26. The highest BCUT2D eigenvalue weighted by Crippen LogP contribution is 2.43. The smallest absolute Gasteiger partial charge is 0.150 e. The molecule has 0 aromatic carbocycles. The fraction of sp³-hybridized carbons (Fsp3) is 0.444. The Kier molecular flexibility index (Phi) is 1.53. The van der Waals surface area contributed by atoms with Gasteiger partial charge in [-0.25, -0.2) is 0 Å². The maximum atomic E-state index is 5.13. The number of nitrogens with zero attached hydrogens (tertiary/aromatic N) is 1. The molecule has 0 unspecified atom stereocenters. The van der Waals surface area contributed by atoms with Gasteiger partial charge in [-0.2, -0.15) is 0 Å². The topological polar surface area (TPSA) is 22.1 Å². The summed E-state index contributed by atoms with van der Waals surface area (Å²) in [6.07, 6.45) is 7.18. The molecular formula is C9H10NO. The summed E-state index contributed by atoms with van der Waals surface area (Å²) in [7, 11) is 1.67. The summed E-state index contributed by atoms with van der Waals surface area (Å²) in [5, 5.41) is 0. The van der Waals surface area contributed by atoms with Crippen molar-refractivity contribution in [1.29, 1.82) is 0 Å². The van der Waals surface area contributed by atoms with E-state index in [0.717, 1.165) is 5.75 Å². The van der Waals surface area contributed by atoms with Crippen molar-refractivity contribution in [3.05, 3.63) is 24.0 Å². The Bertz CT molecular complexity index is 255. The quantitative estimate of drug-likeness (QED) is 0.637. The molecule has 1 aromatic heterocycles. The van der Waals surface area contributed by atoms with Gasteiger partial charge in [0.2, 0.25) is 0 Å². The van der Waals surface area contributed by atoms with Crippen LogP contribution in [0.25, 0.3) is 0 Å². The van der Waals surface area contributed by atoms with Gasteiger partial charge >= 0.3 is 0 Å². The van der Waals surface area contributed by atoms with Crippen LogP contribution in [-0.2, 0) is 0 Å². The van der Waals surface area contributed by atoms with Gasteiger partial charge in [-0.3, -0.25) is 4.98 Å². The van der Waals surface area contributed by atoms with Crippen LogP contribution >= 0.6 is 0 Å². The maximum absolute atomic E-state index is 5.13. The summed E-state index contributed by atoms with van der Waals surface area (Å²) in [4.78, 5) is 3.88. The molecule has 1 saturated carbocycles. The molecule has 57 valence electrons. The van der Waals surface area contributed by atoms with Crippen molar-refractivity contribution in [3.63, 3.8) is 0 Å². The molecule has 0 amide bonds. The summed E-state index contributed by atoms with van der Waals surface area (Å²) < 4.78 is 5.13. The lowest BCUT2D eigenvalue weighted by Gasteiger charge is -2.03. The van der Waals surface area contributed by atoms with Crippen molar-refractivity contribution in [2.75, 3.05) is 7.11 Å². The SMILES string of the molecule is COc1[c]nccc1C1CC1.